The van der Waals surface area contributed by atoms with Crippen LogP contribution in [-0.4, -0.2) is 25.5 Å². The number of carbonyl (C=O) groups excluding carboxylic acids is 1. The van der Waals surface area contributed by atoms with Crippen LogP contribution >= 0.6 is 0 Å². The van der Waals surface area contributed by atoms with Gasteiger partial charge in [0.05, 0.1) is 17.9 Å². The van der Waals surface area contributed by atoms with Crippen LogP contribution in [0.4, 0.5) is 0 Å². The minimum Gasteiger partial charge on any atom is -0.346 e. The molecule has 1 N–H and O–H groups in total. The molecule has 6 heteroatoms. The first-order valence-electron chi connectivity index (χ1n) is 7.58. The Hall–Kier alpha value is -2.37. The summed E-state index contributed by atoms with van der Waals surface area (Å²) in [5.74, 6) is -0.125. The van der Waals surface area contributed by atoms with Gasteiger partial charge in [-0.25, -0.2) is 0 Å². The van der Waals surface area contributed by atoms with Crippen LogP contribution in [-0.2, 0) is 17.9 Å². The Labute approximate surface area is 130 Å². The molecule has 2 aromatic heterocycles. The van der Waals surface area contributed by atoms with Crippen molar-refractivity contribution >= 4 is 12.0 Å². The van der Waals surface area contributed by atoms with Crippen LogP contribution in [0.15, 0.2) is 24.7 Å². The first-order chi connectivity index (χ1) is 10.5. The van der Waals surface area contributed by atoms with Gasteiger partial charge in [0.15, 0.2) is 0 Å². The highest BCUT2D eigenvalue weighted by atomic mass is 16.1. The van der Waals surface area contributed by atoms with Crippen LogP contribution in [0.3, 0.4) is 0 Å². The average molecular weight is 301 g/mol. The average Bonchev–Trinajstić information content (AvgIpc) is 3.11. The second-order valence-electron chi connectivity index (χ2n) is 5.22. The summed E-state index contributed by atoms with van der Waals surface area (Å²) in [6.45, 7) is 9.62. The maximum absolute atomic E-state index is 12.0. The van der Waals surface area contributed by atoms with E-state index in [0.717, 1.165) is 29.9 Å². The molecule has 2 heterocycles. The van der Waals surface area contributed by atoms with Gasteiger partial charge in [-0.2, -0.15) is 10.2 Å². The van der Waals surface area contributed by atoms with Crippen LogP contribution in [0.2, 0.25) is 0 Å². The first kappa shape index (κ1) is 16.0. The smallest absolute Gasteiger partial charge is 0.244 e. The fourth-order valence-electron chi connectivity index (χ4n) is 2.27. The van der Waals surface area contributed by atoms with E-state index in [1.807, 2.05) is 49.5 Å². The molecule has 2 rings (SSSR count). The van der Waals surface area contributed by atoms with Crippen LogP contribution in [0, 0.1) is 6.92 Å². The Morgan fingerprint density at radius 2 is 2.05 bits per heavy atom. The lowest BCUT2D eigenvalue weighted by Crippen LogP contribution is -2.24. The standard InChI is InChI=1S/C16H23N5O/c1-5-20-10-14(9-17-20)7-8-16(22)18-12(3)15-11-21(6-2)19-13(15)4/h7-12H,5-6H2,1-4H3,(H,18,22)/b8-7+. The summed E-state index contributed by atoms with van der Waals surface area (Å²) < 4.78 is 3.70. The fraction of sp³-hybridized carbons (Fsp3) is 0.438. The lowest BCUT2D eigenvalue weighted by atomic mass is 10.1. The molecule has 0 saturated carbocycles. The number of nitrogens with one attached hydrogen (secondary N) is 1. The second-order valence-corrected chi connectivity index (χ2v) is 5.22. The van der Waals surface area contributed by atoms with Gasteiger partial charge in [-0.1, -0.05) is 0 Å². The Morgan fingerprint density at radius 3 is 2.64 bits per heavy atom. The molecule has 0 aliphatic heterocycles. The van der Waals surface area contributed by atoms with Gasteiger partial charge in [-0.15, -0.1) is 0 Å². The zero-order chi connectivity index (χ0) is 16.1. The van der Waals surface area contributed by atoms with E-state index in [1.54, 1.807) is 12.3 Å². The van der Waals surface area contributed by atoms with Crippen molar-refractivity contribution in [3.05, 3.63) is 41.5 Å². The molecule has 118 valence electrons. The molecule has 0 spiro atoms. The summed E-state index contributed by atoms with van der Waals surface area (Å²) in [6.07, 6.45) is 8.93. The van der Waals surface area contributed by atoms with Gasteiger partial charge in [-0.3, -0.25) is 14.2 Å². The SMILES string of the molecule is CCn1cc(/C=C/C(=O)NC(C)c2cn(CC)nc2C)cn1. The highest BCUT2D eigenvalue weighted by molar-refractivity contribution is 5.91. The van der Waals surface area contributed by atoms with E-state index in [9.17, 15) is 4.79 Å². The molecule has 6 nitrogen and oxygen atoms in total. The maximum atomic E-state index is 12.0. The molecule has 0 saturated heterocycles. The topological polar surface area (TPSA) is 64.7 Å². The fourth-order valence-corrected chi connectivity index (χ4v) is 2.27. The maximum Gasteiger partial charge on any atom is 0.244 e. The van der Waals surface area contributed by atoms with Crippen molar-refractivity contribution in [2.45, 2.75) is 46.8 Å². The van der Waals surface area contributed by atoms with Crippen LogP contribution in [0.5, 0.6) is 0 Å². The van der Waals surface area contributed by atoms with Gasteiger partial charge < -0.3 is 5.32 Å². The van der Waals surface area contributed by atoms with Crippen LogP contribution < -0.4 is 5.32 Å². The number of carbonyl (C=O) groups is 1. The zero-order valence-corrected chi connectivity index (χ0v) is 13.6. The summed E-state index contributed by atoms with van der Waals surface area (Å²) in [4.78, 5) is 12.0. The number of hydrogen-bond acceptors (Lipinski definition) is 3. The van der Waals surface area contributed by atoms with Gasteiger partial charge in [0.2, 0.25) is 5.91 Å². The van der Waals surface area contributed by atoms with E-state index in [2.05, 4.69) is 15.5 Å². The highest BCUT2D eigenvalue weighted by Gasteiger charge is 2.13. The van der Waals surface area contributed by atoms with E-state index >= 15 is 0 Å². The Bertz CT molecular complexity index is 668. The van der Waals surface area contributed by atoms with Crippen LogP contribution in [0.25, 0.3) is 6.08 Å². The first-order valence-corrected chi connectivity index (χ1v) is 7.58. The van der Waals surface area contributed by atoms with Gasteiger partial charge in [-0.05, 0) is 33.8 Å². The molecule has 22 heavy (non-hydrogen) atoms. The van der Waals surface area contributed by atoms with Crippen molar-refractivity contribution in [2.24, 2.45) is 0 Å². The van der Waals surface area contributed by atoms with Crippen molar-refractivity contribution in [1.29, 1.82) is 0 Å². The summed E-state index contributed by atoms with van der Waals surface area (Å²) >= 11 is 0. The molecule has 0 aliphatic carbocycles. The van der Waals surface area contributed by atoms with Gasteiger partial charge in [0.25, 0.3) is 0 Å². The molecule has 1 unspecified atom stereocenters. The molecule has 0 bridgehead atoms. The van der Waals surface area contributed by atoms with E-state index in [-0.39, 0.29) is 11.9 Å². The largest absolute Gasteiger partial charge is 0.346 e. The minimum atomic E-state index is -0.125. The van der Waals surface area contributed by atoms with Crippen molar-refractivity contribution in [1.82, 2.24) is 24.9 Å². The predicted octanol–water partition coefficient (Wildman–Crippen LogP) is 2.32. The van der Waals surface area contributed by atoms with E-state index in [0.29, 0.717) is 0 Å². The van der Waals surface area contributed by atoms with E-state index < -0.39 is 0 Å². The molecule has 1 amide bonds. The van der Waals surface area contributed by atoms with Gasteiger partial charge >= 0.3 is 0 Å². The van der Waals surface area contributed by atoms with E-state index in [4.69, 9.17) is 0 Å². The van der Waals surface area contributed by atoms with Crippen LogP contribution in [0.1, 0.15) is 43.6 Å². The van der Waals surface area contributed by atoms with E-state index in [1.165, 1.54) is 6.08 Å². The number of nitrogens with zero attached hydrogens (tertiary/aromatic N) is 4. The van der Waals surface area contributed by atoms with Crippen molar-refractivity contribution in [3.8, 4) is 0 Å². The molecular weight excluding hydrogens is 278 g/mol. The Kier molecular flexibility index (Phi) is 5.14. The van der Waals surface area contributed by atoms with Crippen molar-refractivity contribution < 1.29 is 4.79 Å². The van der Waals surface area contributed by atoms with Gasteiger partial charge in [0.1, 0.15) is 0 Å². The third-order valence-corrected chi connectivity index (χ3v) is 3.54. The van der Waals surface area contributed by atoms with Crippen molar-refractivity contribution in [2.75, 3.05) is 0 Å². The number of amides is 1. The highest BCUT2D eigenvalue weighted by Crippen LogP contribution is 2.16. The Balaban J connectivity index is 1.97. The summed E-state index contributed by atoms with van der Waals surface area (Å²) in [6, 6.07) is -0.0733. The molecule has 0 fully saturated rings. The minimum absolute atomic E-state index is 0.0733. The van der Waals surface area contributed by atoms with Crippen molar-refractivity contribution in [3.63, 3.8) is 0 Å². The lowest BCUT2D eigenvalue weighted by Gasteiger charge is -2.11. The summed E-state index contributed by atoms with van der Waals surface area (Å²) in [5, 5.41) is 11.5. The van der Waals surface area contributed by atoms with Gasteiger partial charge in [0, 0.05) is 42.7 Å². The normalized spacial score (nSPS) is 12.7. The molecule has 0 aliphatic rings. The third-order valence-electron chi connectivity index (χ3n) is 3.54. The summed E-state index contributed by atoms with van der Waals surface area (Å²) in [5.41, 5.74) is 2.91. The molecular formula is C16H23N5O. The Morgan fingerprint density at radius 1 is 1.32 bits per heavy atom. The zero-order valence-electron chi connectivity index (χ0n) is 13.6. The number of aryl methyl sites for hydroxylation is 3. The number of aromatic nitrogens is 4. The monoisotopic (exact) mass is 301 g/mol. The third kappa shape index (κ3) is 3.84. The molecule has 0 aromatic carbocycles. The molecule has 1 atom stereocenters. The lowest BCUT2D eigenvalue weighted by molar-refractivity contribution is -0.117. The molecule has 2 aromatic rings. The summed E-state index contributed by atoms with van der Waals surface area (Å²) in [7, 11) is 0. The predicted molar refractivity (Wildman–Crippen MR) is 86.1 cm³/mol. The quantitative estimate of drug-likeness (QED) is 0.833. The number of rotatable bonds is 6. The number of hydrogen-bond donors (Lipinski definition) is 1. The second kappa shape index (κ2) is 7.06. The molecule has 0 radical (unpaired) electrons.